The van der Waals surface area contributed by atoms with Crippen LogP contribution in [0.5, 0.6) is 0 Å². The molecule has 0 radical (unpaired) electrons. The third-order valence-corrected chi connectivity index (χ3v) is 4.22. The highest BCUT2D eigenvalue weighted by Gasteiger charge is 2.37. The predicted octanol–water partition coefficient (Wildman–Crippen LogP) is 2.25. The van der Waals surface area contributed by atoms with E-state index in [1.807, 2.05) is 19.2 Å². The molecule has 2 aromatic rings. The number of H-pyrrole nitrogens is 1. The zero-order valence-corrected chi connectivity index (χ0v) is 11.6. The summed E-state index contributed by atoms with van der Waals surface area (Å²) in [4.78, 5) is 21.1. The van der Waals surface area contributed by atoms with Gasteiger partial charge in [-0.2, -0.15) is 0 Å². The molecule has 5 nitrogen and oxygen atoms in total. The smallest absolute Gasteiger partial charge is 0.310 e. The third kappa shape index (κ3) is 2.29. The van der Waals surface area contributed by atoms with Crippen molar-refractivity contribution in [3.05, 3.63) is 30.1 Å². The van der Waals surface area contributed by atoms with E-state index in [0.717, 1.165) is 37.0 Å². The van der Waals surface area contributed by atoms with Gasteiger partial charge < -0.3 is 10.1 Å². The van der Waals surface area contributed by atoms with Crippen LogP contribution in [0, 0.1) is 5.41 Å². The first-order valence-corrected chi connectivity index (χ1v) is 6.95. The van der Waals surface area contributed by atoms with Crippen molar-refractivity contribution in [3.63, 3.8) is 0 Å². The van der Waals surface area contributed by atoms with Crippen LogP contribution in [0.4, 0.5) is 0 Å². The largest absolute Gasteiger partial charge is 0.481 e. The maximum Gasteiger partial charge on any atom is 0.310 e. The Bertz CT molecular complexity index is 637. The molecule has 3 heterocycles. The van der Waals surface area contributed by atoms with Gasteiger partial charge in [-0.05, 0) is 44.0 Å². The highest BCUT2D eigenvalue weighted by Crippen LogP contribution is 2.31. The molecule has 2 aromatic heterocycles. The molecule has 106 valence electrons. The van der Waals surface area contributed by atoms with Gasteiger partial charge in [0, 0.05) is 30.9 Å². The summed E-state index contributed by atoms with van der Waals surface area (Å²) in [6.45, 7) is 4.18. The van der Waals surface area contributed by atoms with E-state index in [4.69, 9.17) is 0 Å². The van der Waals surface area contributed by atoms with E-state index in [9.17, 15) is 9.90 Å². The van der Waals surface area contributed by atoms with E-state index in [1.54, 1.807) is 6.20 Å². The molecule has 1 unspecified atom stereocenters. The van der Waals surface area contributed by atoms with Crippen LogP contribution in [-0.4, -0.2) is 39.0 Å². The van der Waals surface area contributed by atoms with Gasteiger partial charge in [0.2, 0.25) is 0 Å². The highest BCUT2D eigenvalue weighted by molar-refractivity contribution is 5.79. The molecule has 1 aliphatic rings. The van der Waals surface area contributed by atoms with Gasteiger partial charge in [0.25, 0.3) is 0 Å². The normalized spacial score (nSPS) is 24.1. The molecule has 0 amide bonds. The maximum absolute atomic E-state index is 11.4. The number of nitrogens with zero attached hydrogens (tertiary/aromatic N) is 2. The van der Waals surface area contributed by atoms with E-state index in [1.165, 1.54) is 5.56 Å². The van der Waals surface area contributed by atoms with E-state index in [0.29, 0.717) is 6.54 Å². The lowest BCUT2D eigenvalue weighted by molar-refractivity contribution is -0.151. The molecular formula is C15H19N3O2. The number of aliphatic carboxylic acids is 1. The van der Waals surface area contributed by atoms with Crippen LogP contribution in [0.15, 0.2) is 24.5 Å². The number of likely N-dealkylation sites (tertiary alicyclic amines) is 1. The molecule has 0 saturated carbocycles. The van der Waals surface area contributed by atoms with Crippen molar-refractivity contribution in [3.8, 4) is 0 Å². The predicted molar refractivity (Wildman–Crippen MR) is 76.3 cm³/mol. The van der Waals surface area contributed by atoms with Crippen molar-refractivity contribution < 1.29 is 9.90 Å². The number of fused-ring (bicyclic) bond motifs is 1. The van der Waals surface area contributed by atoms with Crippen molar-refractivity contribution >= 4 is 17.0 Å². The summed E-state index contributed by atoms with van der Waals surface area (Å²) in [6, 6.07) is 3.98. The van der Waals surface area contributed by atoms with Crippen molar-refractivity contribution in [2.75, 3.05) is 13.1 Å². The molecule has 0 aromatic carbocycles. The lowest BCUT2D eigenvalue weighted by atomic mass is 9.82. The van der Waals surface area contributed by atoms with Crippen LogP contribution in [0.1, 0.15) is 25.3 Å². The molecule has 1 fully saturated rings. The van der Waals surface area contributed by atoms with E-state index >= 15 is 0 Å². The molecule has 1 saturated heterocycles. The minimum atomic E-state index is -0.692. The number of carboxylic acids is 1. The fourth-order valence-electron chi connectivity index (χ4n) is 3.04. The summed E-state index contributed by atoms with van der Waals surface area (Å²) in [6.07, 6.45) is 5.44. The molecule has 0 spiro atoms. The maximum atomic E-state index is 11.4. The number of hydrogen-bond acceptors (Lipinski definition) is 3. The Labute approximate surface area is 117 Å². The van der Waals surface area contributed by atoms with Gasteiger partial charge in [0.15, 0.2) is 0 Å². The monoisotopic (exact) mass is 273 g/mol. The SMILES string of the molecule is CC1(C(=O)O)CCCN(Cc2c[nH]c3ncccc23)C1. The van der Waals surface area contributed by atoms with Crippen LogP contribution in [0.25, 0.3) is 11.0 Å². The fourth-order valence-corrected chi connectivity index (χ4v) is 3.04. The van der Waals surface area contributed by atoms with E-state index in [2.05, 4.69) is 20.9 Å². The molecule has 5 heteroatoms. The first-order chi connectivity index (χ1) is 9.58. The Balaban J connectivity index is 1.79. The van der Waals surface area contributed by atoms with Crippen molar-refractivity contribution in [2.45, 2.75) is 26.3 Å². The number of piperidine rings is 1. The summed E-state index contributed by atoms with van der Waals surface area (Å²) in [5.74, 6) is -0.692. The minimum Gasteiger partial charge on any atom is -0.481 e. The summed E-state index contributed by atoms with van der Waals surface area (Å²) in [5, 5.41) is 10.5. The molecule has 20 heavy (non-hydrogen) atoms. The van der Waals surface area contributed by atoms with Crippen LogP contribution in [0.2, 0.25) is 0 Å². The van der Waals surface area contributed by atoms with Gasteiger partial charge in [-0.25, -0.2) is 4.98 Å². The zero-order chi connectivity index (χ0) is 14.2. The Morgan fingerprint density at radius 1 is 1.60 bits per heavy atom. The highest BCUT2D eigenvalue weighted by atomic mass is 16.4. The lowest BCUT2D eigenvalue weighted by Crippen LogP contribution is -2.45. The lowest BCUT2D eigenvalue weighted by Gasteiger charge is -2.37. The minimum absolute atomic E-state index is 0.606. The second-order valence-corrected chi connectivity index (χ2v) is 5.89. The summed E-state index contributed by atoms with van der Waals surface area (Å²) in [5.41, 5.74) is 1.45. The second-order valence-electron chi connectivity index (χ2n) is 5.89. The Morgan fingerprint density at radius 2 is 2.45 bits per heavy atom. The molecule has 0 bridgehead atoms. The van der Waals surface area contributed by atoms with Gasteiger partial charge in [-0.1, -0.05) is 0 Å². The summed E-state index contributed by atoms with van der Waals surface area (Å²) >= 11 is 0. The second kappa shape index (κ2) is 4.90. The van der Waals surface area contributed by atoms with E-state index < -0.39 is 11.4 Å². The van der Waals surface area contributed by atoms with Crippen LogP contribution < -0.4 is 0 Å². The Hall–Kier alpha value is -1.88. The number of carboxylic acid groups (broad SMARTS) is 1. The first-order valence-electron chi connectivity index (χ1n) is 6.95. The summed E-state index contributed by atoms with van der Waals surface area (Å²) in [7, 11) is 0. The van der Waals surface area contributed by atoms with Crippen LogP contribution in [0.3, 0.4) is 0 Å². The number of aromatic nitrogens is 2. The third-order valence-electron chi connectivity index (χ3n) is 4.22. The van der Waals surface area contributed by atoms with Crippen LogP contribution in [-0.2, 0) is 11.3 Å². The fraction of sp³-hybridized carbons (Fsp3) is 0.467. The molecule has 2 N–H and O–H groups in total. The number of rotatable bonds is 3. The molecule has 1 aliphatic heterocycles. The van der Waals surface area contributed by atoms with Crippen molar-refractivity contribution in [2.24, 2.45) is 5.41 Å². The van der Waals surface area contributed by atoms with Crippen molar-refractivity contribution in [1.82, 2.24) is 14.9 Å². The van der Waals surface area contributed by atoms with Gasteiger partial charge in [-0.15, -0.1) is 0 Å². The molecule has 0 aliphatic carbocycles. The van der Waals surface area contributed by atoms with Gasteiger partial charge in [0.05, 0.1) is 5.41 Å². The number of nitrogens with one attached hydrogen (secondary N) is 1. The molecular weight excluding hydrogens is 254 g/mol. The molecule has 3 rings (SSSR count). The van der Waals surface area contributed by atoms with Crippen molar-refractivity contribution in [1.29, 1.82) is 0 Å². The number of hydrogen-bond donors (Lipinski definition) is 2. The summed E-state index contributed by atoms with van der Waals surface area (Å²) < 4.78 is 0. The van der Waals surface area contributed by atoms with Gasteiger partial charge in [-0.3, -0.25) is 9.69 Å². The average Bonchev–Trinajstić information content (AvgIpc) is 2.82. The average molecular weight is 273 g/mol. The Morgan fingerprint density at radius 3 is 3.25 bits per heavy atom. The number of pyridine rings is 1. The Kier molecular flexibility index (Phi) is 3.22. The van der Waals surface area contributed by atoms with Crippen LogP contribution >= 0.6 is 0 Å². The standard InChI is InChI=1S/C15H19N3O2/c1-15(14(19)20)5-3-7-18(10-15)9-11-8-17-13-12(11)4-2-6-16-13/h2,4,6,8H,3,5,7,9-10H2,1H3,(H,16,17)(H,19,20). The zero-order valence-electron chi connectivity index (χ0n) is 11.6. The van der Waals surface area contributed by atoms with E-state index in [-0.39, 0.29) is 0 Å². The topological polar surface area (TPSA) is 69.2 Å². The number of carbonyl (C=O) groups is 1. The molecule has 1 atom stereocenters. The van der Waals surface area contributed by atoms with Gasteiger partial charge >= 0.3 is 5.97 Å². The quantitative estimate of drug-likeness (QED) is 0.900. The first kappa shape index (κ1) is 13.1. The number of aromatic amines is 1. The van der Waals surface area contributed by atoms with Gasteiger partial charge in [0.1, 0.15) is 5.65 Å².